The van der Waals surface area contributed by atoms with Crippen LogP contribution in [0.25, 0.3) is 0 Å². The lowest BCUT2D eigenvalue weighted by Crippen LogP contribution is -2.26. The summed E-state index contributed by atoms with van der Waals surface area (Å²) in [6.07, 6.45) is 0.975. The van der Waals surface area contributed by atoms with Crippen LogP contribution >= 0.6 is 0 Å². The van der Waals surface area contributed by atoms with Gasteiger partial charge < -0.3 is 5.32 Å². The second kappa shape index (κ2) is 8.78. The molecule has 0 spiro atoms. The summed E-state index contributed by atoms with van der Waals surface area (Å²) in [7, 11) is -3.59. The Morgan fingerprint density at radius 1 is 1.04 bits per heavy atom. The lowest BCUT2D eigenvalue weighted by molar-refractivity contribution is -0.120. The Kier molecular flexibility index (Phi) is 6.73. The SMILES string of the molecule is CCNC(=O)CCc1ccc(S(=O)(=O)NC(C)c2ccccc2)cc1. The molecule has 2 aromatic carbocycles. The quantitative estimate of drug-likeness (QED) is 0.760. The van der Waals surface area contributed by atoms with E-state index in [0.29, 0.717) is 19.4 Å². The molecular formula is C19H24N2O3S. The number of hydrogen-bond donors (Lipinski definition) is 2. The fraction of sp³-hybridized carbons (Fsp3) is 0.316. The molecule has 0 radical (unpaired) electrons. The Hall–Kier alpha value is -2.18. The van der Waals surface area contributed by atoms with Crippen LogP contribution in [0.5, 0.6) is 0 Å². The molecule has 0 saturated carbocycles. The summed E-state index contributed by atoms with van der Waals surface area (Å²) in [6.45, 7) is 4.30. The van der Waals surface area contributed by atoms with E-state index in [4.69, 9.17) is 0 Å². The molecule has 25 heavy (non-hydrogen) atoms. The highest BCUT2D eigenvalue weighted by Crippen LogP contribution is 2.17. The number of amides is 1. The Labute approximate surface area is 149 Å². The van der Waals surface area contributed by atoms with Gasteiger partial charge in [0.15, 0.2) is 0 Å². The summed E-state index contributed by atoms with van der Waals surface area (Å²) in [5, 5.41) is 2.74. The van der Waals surface area contributed by atoms with Crippen LogP contribution in [0.15, 0.2) is 59.5 Å². The smallest absolute Gasteiger partial charge is 0.241 e. The molecule has 6 heteroatoms. The summed E-state index contributed by atoms with van der Waals surface area (Å²) in [6, 6.07) is 15.8. The zero-order chi connectivity index (χ0) is 18.3. The first-order chi connectivity index (χ1) is 11.9. The van der Waals surface area contributed by atoms with Crippen LogP contribution in [0.4, 0.5) is 0 Å². The first kappa shape index (κ1) is 19.1. The van der Waals surface area contributed by atoms with E-state index in [2.05, 4.69) is 10.0 Å². The molecular weight excluding hydrogens is 336 g/mol. The van der Waals surface area contributed by atoms with Gasteiger partial charge in [-0.25, -0.2) is 13.1 Å². The van der Waals surface area contributed by atoms with Gasteiger partial charge in [0.1, 0.15) is 0 Å². The van der Waals surface area contributed by atoms with Crippen molar-refractivity contribution in [1.29, 1.82) is 0 Å². The van der Waals surface area contributed by atoms with E-state index < -0.39 is 10.0 Å². The highest BCUT2D eigenvalue weighted by Gasteiger charge is 2.18. The molecule has 2 rings (SSSR count). The predicted molar refractivity (Wildman–Crippen MR) is 98.6 cm³/mol. The zero-order valence-electron chi connectivity index (χ0n) is 14.5. The Morgan fingerprint density at radius 3 is 2.28 bits per heavy atom. The molecule has 1 atom stereocenters. The van der Waals surface area contributed by atoms with Gasteiger partial charge in [0.05, 0.1) is 4.90 Å². The molecule has 0 aliphatic carbocycles. The fourth-order valence-electron chi connectivity index (χ4n) is 2.49. The molecule has 1 amide bonds. The normalized spacial score (nSPS) is 12.6. The molecule has 0 aliphatic heterocycles. The predicted octanol–water partition coefficient (Wildman–Crippen LogP) is 2.79. The van der Waals surface area contributed by atoms with Crippen molar-refractivity contribution in [3.8, 4) is 0 Å². The third kappa shape index (κ3) is 5.69. The molecule has 0 aliphatic rings. The number of carbonyl (C=O) groups is 1. The summed E-state index contributed by atoms with van der Waals surface area (Å²) >= 11 is 0. The molecule has 0 saturated heterocycles. The van der Waals surface area contributed by atoms with E-state index in [9.17, 15) is 13.2 Å². The van der Waals surface area contributed by atoms with Crippen LogP contribution in [0.2, 0.25) is 0 Å². The van der Waals surface area contributed by atoms with Crippen LogP contribution in [-0.2, 0) is 21.2 Å². The Balaban J connectivity index is 2.01. The molecule has 0 bridgehead atoms. The van der Waals surface area contributed by atoms with Gasteiger partial charge in [0.2, 0.25) is 15.9 Å². The summed E-state index contributed by atoms with van der Waals surface area (Å²) in [5.41, 5.74) is 1.84. The van der Waals surface area contributed by atoms with Crippen LogP contribution < -0.4 is 10.0 Å². The van der Waals surface area contributed by atoms with Crippen molar-refractivity contribution in [2.45, 2.75) is 37.6 Å². The van der Waals surface area contributed by atoms with E-state index >= 15 is 0 Å². The Morgan fingerprint density at radius 2 is 1.68 bits per heavy atom. The molecule has 1 unspecified atom stereocenters. The number of carbonyl (C=O) groups excluding carboxylic acids is 1. The first-order valence-electron chi connectivity index (χ1n) is 8.35. The molecule has 0 fully saturated rings. The highest BCUT2D eigenvalue weighted by molar-refractivity contribution is 7.89. The number of hydrogen-bond acceptors (Lipinski definition) is 3. The van der Waals surface area contributed by atoms with Crippen LogP contribution in [0.3, 0.4) is 0 Å². The van der Waals surface area contributed by atoms with E-state index in [0.717, 1.165) is 11.1 Å². The van der Waals surface area contributed by atoms with Crippen molar-refractivity contribution in [1.82, 2.24) is 10.0 Å². The van der Waals surface area contributed by atoms with Crippen LogP contribution in [0, 0.1) is 0 Å². The first-order valence-corrected chi connectivity index (χ1v) is 9.83. The van der Waals surface area contributed by atoms with Gasteiger partial charge in [-0.3, -0.25) is 4.79 Å². The van der Waals surface area contributed by atoms with E-state index in [1.807, 2.05) is 44.2 Å². The summed E-state index contributed by atoms with van der Waals surface area (Å²) < 4.78 is 27.7. The van der Waals surface area contributed by atoms with Gasteiger partial charge in [-0.2, -0.15) is 0 Å². The topological polar surface area (TPSA) is 75.3 Å². The van der Waals surface area contributed by atoms with Crippen molar-refractivity contribution >= 4 is 15.9 Å². The number of benzene rings is 2. The van der Waals surface area contributed by atoms with E-state index in [-0.39, 0.29) is 16.8 Å². The second-order valence-electron chi connectivity index (χ2n) is 5.85. The van der Waals surface area contributed by atoms with Crippen molar-refractivity contribution in [3.05, 3.63) is 65.7 Å². The maximum absolute atomic E-state index is 12.5. The molecule has 134 valence electrons. The standard InChI is InChI=1S/C19H24N2O3S/c1-3-20-19(22)14-11-16-9-12-18(13-10-16)25(23,24)21-15(2)17-7-5-4-6-8-17/h4-10,12-13,15,21H,3,11,14H2,1-2H3,(H,20,22). The molecule has 2 aromatic rings. The van der Waals surface area contributed by atoms with Gasteiger partial charge >= 0.3 is 0 Å². The minimum Gasteiger partial charge on any atom is -0.356 e. The molecule has 2 N–H and O–H groups in total. The average Bonchev–Trinajstić information content (AvgIpc) is 2.61. The third-order valence-corrected chi connectivity index (χ3v) is 5.44. The molecule has 5 nitrogen and oxygen atoms in total. The van der Waals surface area contributed by atoms with E-state index in [1.165, 1.54) is 0 Å². The number of nitrogens with one attached hydrogen (secondary N) is 2. The number of rotatable bonds is 8. The second-order valence-corrected chi connectivity index (χ2v) is 7.57. The van der Waals surface area contributed by atoms with Gasteiger partial charge in [-0.1, -0.05) is 42.5 Å². The average molecular weight is 360 g/mol. The largest absolute Gasteiger partial charge is 0.356 e. The maximum atomic E-state index is 12.5. The van der Waals surface area contributed by atoms with Gasteiger partial charge in [-0.15, -0.1) is 0 Å². The van der Waals surface area contributed by atoms with E-state index in [1.54, 1.807) is 24.3 Å². The van der Waals surface area contributed by atoms with Crippen LogP contribution in [-0.4, -0.2) is 20.9 Å². The monoisotopic (exact) mass is 360 g/mol. The number of sulfonamides is 1. The minimum atomic E-state index is -3.59. The van der Waals surface area contributed by atoms with Crippen molar-refractivity contribution in [3.63, 3.8) is 0 Å². The lowest BCUT2D eigenvalue weighted by atomic mass is 10.1. The number of aryl methyl sites for hydroxylation is 1. The maximum Gasteiger partial charge on any atom is 0.241 e. The van der Waals surface area contributed by atoms with Crippen LogP contribution in [0.1, 0.15) is 37.4 Å². The minimum absolute atomic E-state index is 0.00227. The fourth-order valence-corrected chi connectivity index (χ4v) is 3.72. The van der Waals surface area contributed by atoms with Crippen molar-refractivity contribution < 1.29 is 13.2 Å². The molecule has 0 heterocycles. The zero-order valence-corrected chi connectivity index (χ0v) is 15.3. The van der Waals surface area contributed by atoms with Crippen molar-refractivity contribution in [2.24, 2.45) is 0 Å². The van der Waals surface area contributed by atoms with Crippen molar-refractivity contribution in [2.75, 3.05) is 6.54 Å². The highest BCUT2D eigenvalue weighted by atomic mass is 32.2. The summed E-state index contributed by atoms with van der Waals surface area (Å²) in [4.78, 5) is 11.7. The van der Waals surface area contributed by atoms with Gasteiger partial charge in [0.25, 0.3) is 0 Å². The Bertz CT molecular complexity index is 787. The lowest BCUT2D eigenvalue weighted by Gasteiger charge is -2.15. The molecule has 0 aromatic heterocycles. The van der Waals surface area contributed by atoms with Gasteiger partial charge in [-0.05, 0) is 43.5 Å². The third-order valence-electron chi connectivity index (χ3n) is 3.88. The summed E-state index contributed by atoms with van der Waals surface area (Å²) in [5.74, 6) is -0.00227. The van der Waals surface area contributed by atoms with Gasteiger partial charge in [0, 0.05) is 19.0 Å².